The number of ketones is 1. The highest BCUT2D eigenvalue weighted by Crippen LogP contribution is 2.49. The predicted molar refractivity (Wildman–Crippen MR) is 116 cm³/mol. The second kappa shape index (κ2) is 5.98. The molecular formula is C25H22N2O5. The Morgan fingerprint density at radius 1 is 1.16 bits per heavy atom. The van der Waals surface area contributed by atoms with E-state index >= 15 is 0 Å². The molecule has 7 nitrogen and oxygen atoms in total. The number of aliphatic hydroxyl groups is 1. The monoisotopic (exact) mass is 430 g/mol. The number of Topliss-reactive ketones (excluding diaryl/α,β-unsaturated/α-hetero) is 1. The molecule has 2 aliphatic heterocycles. The SMILES string of the molecule is CCC1(O)C(=O)Cc2c1cc1n(c2=O)Cc2c-1nc1cc3c(cc1c2C1CCC1)OCO3. The number of carbonyl (C=O) groups is 1. The van der Waals surface area contributed by atoms with Gasteiger partial charge >= 0.3 is 0 Å². The highest BCUT2D eigenvalue weighted by molar-refractivity contribution is 5.96. The first-order chi connectivity index (χ1) is 15.5. The van der Waals surface area contributed by atoms with Gasteiger partial charge in [-0.3, -0.25) is 9.59 Å². The Morgan fingerprint density at radius 3 is 2.66 bits per heavy atom. The smallest absolute Gasteiger partial charge is 0.255 e. The van der Waals surface area contributed by atoms with Gasteiger partial charge in [0.2, 0.25) is 6.79 Å². The molecule has 4 heterocycles. The first-order valence-corrected chi connectivity index (χ1v) is 11.3. The molecule has 1 aromatic carbocycles. The molecule has 1 unspecified atom stereocenters. The Morgan fingerprint density at radius 2 is 1.94 bits per heavy atom. The average Bonchev–Trinajstić information content (AvgIpc) is 3.42. The molecule has 7 heteroatoms. The lowest BCUT2D eigenvalue weighted by molar-refractivity contribution is -0.136. The van der Waals surface area contributed by atoms with Crippen LogP contribution in [0.5, 0.6) is 11.5 Å². The Bertz CT molecular complexity index is 1430. The fourth-order valence-electron chi connectivity index (χ4n) is 5.84. The van der Waals surface area contributed by atoms with Crippen LogP contribution in [0.4, 0.5) is 0 Å². The van der Waals surface area contributed by atoms with Crippen LogP contribution in [0.3, 0.4) is 0 Å². The molecule has 32 heavy (non-hydrogen) atoms. The van der Waals surface area contributed by atoms with Gasteiger partial charge in [-0.2, -0.15) is 0 Å². The van der Waals surface area contributed by atoms with Crippen LogP contribution in [0.15, 0.2) is 23.0 Å². The highest BCUT2D eigenvalue weighted by atomic mass is 16.7. The van der Waals surface area contributed by atoms with Crippen LogP contribution < -0.4 is 15.0 Å². The lowest BCUT2D eigenvalue weighted by atomic mass is 9.76. The summed E-state index contributed by atoms with van der Waals surface area (Å²) in [6.45, 7) is 2.42. The van der Waals surface area contributed by atoms with E-state index in [1.165, 1.54) is 12.0 Å². The Kier molecular flexibility index (Phi) is 3.44. The summed E-state index contributed by atoms with van der Waals surface area (Å²) in [6, 6.07) is 5.77. The maximum Gasteiger partial charge on any atom is 0.255 e. The van der Waals surface area contributed by atoms with Gasteiger partial charge in [0.05, 0.1) is 23.4 Å². The number of ether oxygens (including phenoxy) is 2. The molecule has 1 N–H and O–H groups in total. The van der Waals surface area contributed by atoms with Gasteiger partial charge in [0.25, 0.3) is 5.56 Å². The van der Waals surface area contributed by atoms with Crippen molar-refractivity contribution in [2.75, 3.05) is 6.79 Å². The second-order valence-electron chi connectivity index (χ2n) is 9.33. The van der Waals surface area contributed by atoms with Crippen LogP contribution >= 0.6 is 0 Å². The summed E-state index contributed by atoms with van der Waals surface area (Å²) in [5, 5.41) is 12.1. The van der Waals surface area contributed by atoms with Crippen LogP contribution in [-0.2, 0) is 23.4 Å². The van der Waals surface area contributed by atoms with Crippen LogP contribution in [0, 0.1) is 0 Å². The zero-order valence-corrected chi connectivity index (χ0v) is 17.7. The van der Waals surface area contributed by atoms with Crippen molar-refractivity contribution in [3.63, 3.8) is 0 Å². The van der Waals surface area contributed by atoms with Crippen molar-refractivity contribution in [3.8, 4) is 22.9 Å². The lowest BCUT2D eigenvalue weighted by Gasteiger charge is -2.29. The summed E-state index contributed by atoms with van der Waals surface area (Å²) in [5.74, 6) is 1.55. The maximum atomic E-state index is 13.4. The second-order valence-corrected chi connectivity index (χ2v) is 9.33. The number of carbonyl (C=O) groups excluding carboxylic acids is 1. The van der Waals surface area contributed by atoms with Crippen molar-refractivity contribution in [1.82, 2.24) is 9.55 Å². The van der Waals surface area contributed by atoms with E-state index in [2.05, 4.69) is 0 Å². The Labute approximate surface area is 183 Å². The molecule has 0 amide bonds. The summed E-state index contributed by atoms with van der Waals surface area (Å²) in [6.07, 6.45) is 3.66. The molecule has 3 aromatic rings. The van der Waals surface area contributed by atoms with Crippen molar-refractivity contribution >= 4 is 16.7 Å². The number of hydrogen-bond acceptors (Lipinski definition) is 6. The molecule has 162 valence electrons. The van der Waals surface area contributed by atoms with Crippen LogP contribution in [0.2, 0.25) is 0 Å². The molecule has 0 bridgehead atoms. The Balaban J connectivity index is 1.53. The van der Waals surface area contributed by atoms with E-state index in [0.29, 0.717) is 35.0 Å². The van der Waals surface area contributed by atoms with Gasteiger partial charge in [0, 0.05) is 34.6 Å². The van der Waals surface area contributed by atoms with Crippen LogP contribution in [0.1, 0.15) is 60.8 Å². The predicted octanol–water partition coefficient (Wildman–Crippen LogP) is 3.14. The molecular weight excluding hydrogens is 408 g/mol. The fraction of sp³-hybridized carbons (Fsp3) is 0.400. The van der Waals surface area contributed by atoms with Gasteiger partial charge in [-0.05, 0) is 42.9 Å². The number of hydrogen-bond donors (Lipinski definition) is 1. The molecule has 1 saturated carbocycles. The fourth-order valence-corrected chi connectivity index (χ4v) is 5.84. The van der Waals surface area contributed by atoms with Gasteiger partial charge in [-0.25, -0.2) is 4.98 Å². The number of rotatable bonds is 2. The van der Waals surface area contributed by atoms with E-state index in [-0.39, 0.29) is 31.0 Å². The zero-order chi connectivity index (χ0) is 21.8. The topological polar surface area (TPSA) is 90.7 Å². The lowest BCUT2D eigenvalue weighted by Crippen LogP contribution is -2.31. The summed E-state index contributed by atoms with van der Waals surface area (Å²) < 4.78 is 12.9. The maximum absolute atomic E-state index is 13.4. The van der Waals surface area contributed by atoms with E-state index in [1.54, 1.807) is 11.5 Å². The van der Waals surface area contributed by atoms with Gasteiger partial charge in [-0.15, -0.1) is 0 Å². The van der Waals surface area contributed by atoms with Gasteiger partial charge in [0.15, 0.2) is 17.3 Å². The summed E-state index contributed by atoms with van der Waals surface area (Å²) in [4.78, 5) is 30.9. The molecule has 4 aliphatic rings. The van der Waals surface area contributed by atoms with Crippen molar-refractivity contribution < 1.29 is 19.4 Å². The van der Waals surface area contributed by atoms with Gasteiger partial charge in [-0.1, -0.05) is 13.3 Å². The number of pyridine rings is 2. The summed E-state index contributed by atoms with van der Waals surface area (Å²) in [5.41, 5.74) is 3.70. The van der Waals surface area contributed by atoms with E-state index < -0.39 is 5.60 Å². The van der Waals surface area contributed by atoms with E-state index in [4.69, 9.17) is 14.5 Å². The highest BCUT2D eigenvalue weighted by Gasteiger charge is 2.46. The zero-order valence-electron chi connectivity index (χ0n) is 17.7. The van der Waals surface area contributed by atoms with Gasteiger partial charge < -0.3 is 19.1 Å². The molecule has 2 aliphatic carbocycles. The van der Waals surface area contributed by atoms with E-state index in [9.17, 15) is 14.7 Å². The van der Waals surface area contributed by atoms with Crippen molar-refractivity contribution in [1.29, 1.82) is 0 Å². The average molecular weight is 430 g/mol. The van der Waals surface area contributed by atoms with Gasteiger partial charge in [0.1, 0.15) is 5.60 Å². The van der Waals surface area contributed by atoms with E-state index in [1.807, 2.05) is 18.2 Å². The van der Waals surface area contributed by atoms with Crippen LogP contribution in [0.25, 0.3) is 22.3 Å². The molecule has 0 spiro atoms. The number of nitrogens with zero attached hydrogens (tertiary/aromatic N) is 2. The first-order valence-electron chi connectivity index (χ1n) is 11.3. The van der Waals surface area contributed by atoms with E-state index in [0.717, 1.165) is 40.8 Å². The number of benzene rings is 1. The standard InChI is InChI=1S/C25H22N2O5/c1-2-25(30)16-8-18-23-15(10-27(18)24(29)13(16)7-21(25)28)22(12-4-3-5-12)14-6-19-20(32-11-31-19)9-17(14)26-23/h6,8-9,12,30H,2-5,7,10-11H2,1H3. The molecule has 1 fully saturated rings. The minimum absolute atomic E-state index is 0.0125. The molecule has 1 atom stereocenters. The number of aromatic nitrogens is 2. The first kappa shape index (κ1) is 18.4. The van der Waals surface area contributed by atoms with Crippen molar-refractivity contribution in [3.05, 3.63) is 50.8 Å². The van der Waals surface area contributed by atoms with Crippen LogP contribution in [-0.4, -0.2) is 27.2 Å². The Hall–Kier alpha value is -3.19. The third-order valence-electron chi connectivity index (χ3n) is 7.85. The third kappa shape index (κ3) is 2.12. The summed E-state index contributed by atoms with van der Waals surface area (Å²) >= 11 is 0. The van der Waals surface area contributed by atoms with Crippen molar-refractivity contribution in [2.24, 2.45) is 0 Å². The molecule has 0 saturated heterocycles. The number of fused-ring (bicyclic) bond motifs is 6. The van der Waals surface area contributed by atoms with Crippen molar-refractivity contribution in [2.45, 2.75) is 57.1 Å². The normalized spacial score (nSPS) is 22.8. The largest absolute Gasteiger partial charge is 0.454 e. The minimum Gasteiger partial charge on any atom is -0.454 e. The third-order valence-corrected chi connectivity index (χ3v) is 7.85. The molecule has 2 aromatic heterocycles. The molecule has 0 radical (unpaired) electrons. The molecule has 7 rings (SSSR count). The quantitative estimate of drug-likeness (QED) is 0.525. The summed E-state index contributed by atoms with van der Waals surface area (Å²) in [7, 11) is 0. The minimum atomic E-state index is -1.59.